The van der Waals surface area contributed by atoms with Crippen LogP contribution in [0.5, 0.6) is 0 Å². The summed E-state index contributed by atoms with van der Waals surface area (Å²) in [5.41, 5.74) is 2.41. The van der Waals surface area contributed by atoms with E-state index in [0.717, 1.165) is 16.8 Å². The molecule has 0 atom stereocenters. The lowest BCUT2D eigenvalue weighted by Gasteiger charge is -2.20. The number of hydrogen-bond donors (Lipinski definition) is 2. The summed E-state index contributed by atoms with van der Waals surface area (Å²) in [6.07, 6.45) is -0.431. The third kappa shape index (κ3) is 4.69. The van der Waals surface area contributed by atoms with Gasteiger partial charge >= 0.3 is 6.09 Å². The van der Waals surface area contributed by atoms with Crippen molar-refractivity contribution in [1.82, 2.24) is 0 Å². The van der Waals surface area contributed by atoms with E-state index in [2.05, 4.69) is 17.9 Å². The SMILES string of the molecule is Cc1cc(CS)ccc1NC(=O)OC(C)(C)C. The second-order valence-corrected chi connectivity index (χ2v) is 5.25. The molecule has 94 valence electrons. The predicted octanol–water partition coefficient (Wildman–Crippen LogP) is 3.77. The highest BCUT2D eigenvalue weighted by molar-refractivity contribution is 7.79. The maximum atomic E-state index is 11.6. The van der Waals surface area contributed by atoms with Crippen molar-refractivity contribution in [2.75, 3.05) is 5.32 Å². The van der Waals surface area contributed by atoms with Crippen molar-refractivity contribution in [2.45, 2.75) is 39.0 Å². The number of amides is 1. The molecule has 0 spiro atoms. The summed E-state index contributed by atoms with van der Waals surface area (Å²) in [7, 11) is 0. The minimum Gasteiger partial charge on any atom is -0.444 e. The van der Waals surface area contributed by atoms with Gasteiger partial charge < -0.3 is 4.74 Å². The molecule has 3 nitrogen and oxygen atoms in total. The second kappa shape index (κ2) is 5.45. The largest absolute Gasteiger partial charge is 0.444 e. The van der Waals surface area contributed by atoms with Crippen LogP contribution in [0.1, 0.15) is 31.9 Å². The van der Waals surface area contributed by atoms with Crippen molar-refractivity contribution in [3.63, 3.8) is 0 Å². The van der Waals surface area contributed by atoms with Gasteiger partial charge in [0.25, 0.3) is 0 Å². The first-order valence-corrected chi connectivity index (χ1v) is 6.15. The van der Waals surface area contributed by atoms with Gasteiger partial charge in [-0.25, -0.2) is 4.79 Å². The summed E-state index contributed by atoms with van der Waals surface area (Å²) in [4.78, 5) is 11.6. The van der Waals surface area contributed by atoms with Crippen molar-refractivity contribution in [1.29, 1.82) is 0 Å². The minimum absolute atomic E-state index is 0.431. The van der Waals surface area contributed by atoms with Crippen molar-refractivity contribution in [2.24, 2.45) is 0 Å². The molecule has 0 aliphatic carbocycles. The fraction of sp³-hybridized carbons (Fsp3) is 0.462. The van der Waals surface area contributed by atoms with E-state index in [-0.39, 0.29) is 0 Å². The molecule has 0 heterocycles. The van der Waals surface area contributed by atoms with Crippen LogP contribution in [0.3, 0.4) is 0 Å². The molecular formula is C13H19NO2S. The number of ether oxygens (including phenoxy) is 1. The Kier molecular flexibility index (Phi) is 4.46. The highest BCUT2D eigenvalue weighted by Crippen LogP contribution is 2.18. The molecule has 0 saturated heterocycles. The molecule has 0 bridgehead atoms. The second-order valence-electron chi connectivity index (χ2n) is 4.93. The fourth-order valence-electron chi connectivity index (χ4n) is 1.38. The van der Waals surface area contributed by atoms with Crippen molar-refractivity contribution >= 4 is 24.4 Å². The molecule has 1 N–H and O–H groups in total. The third-order valence-electron chi connectivity index (χ3n) is 2.11. The van der Waals surface area contributed by atoms with Gasteiger partial charge in [-0.05, 0) is 44.9 Å². The van der Waals surface area contributed by atoms with Crippen LogP contribution in [-0.4, -0.2) is 11.7 Å². The zero-order valence-corrected chi connectivity index (χ0v) is 11.6. The van der Waals surface area contributed by atoms with Crippen LogP contribution < -0.4 is 5.32 Å². The van der Waals surface area contributed by atoms with E-state index in [1.54, 1.807) is 0 Å². The van der Waals surface area contributed by atoms with Crippen LogP contribution in [0.4, 0.5) is 10.5 Å². The molecule has 1 amide bonds. The van der Waals surface area contributed by atoms with Crippen LogP contribution in [0.2, 0.25) is 0 Å². The number of rotatable bonds is 2. The van der Waals surface area contributed by atoms with Crippen LogP contribution in [0.15, 0.2) is 18.2 Å². The molecule has 4 heteroatoms. The van der Waals surface area contributed by atoms with E-state index in [1.807, 2.05) is 45.9 Å². The first-order valence-electron chi connectivity index (χ1n) is 5.52. The standard InChI is InChI=1S/C13H19NO2S/c1-9-7-10(8-17)5-6-11(9)14-12(15)16-13(2,3)4/h5-7,17H,8H2,1-4H3,(H,14,15). The number of anilines is 1. The number of aryl methyl sites for hydroxylation is 1. The molecule has 17 heavy (non-hydrogen) atoms. The van der Waals surface area contributed by atoms with Gasteiger partial charge in [0.1, 0.15) is 5.60 Å². The van der Waals surface area contributed by atoms with E-state index in [4.69, 9.17) is 4.74 Å². The average Bonchev–Trinajstić information content (AvgIpc) is 2.18. The summed E-state index contributed by atoms with van der Waals surface area (Å²) in [5.74, 6) is 0.688. The Bertz CT molecular complexity index is 410. The molecule has 0 saturated carbocycles. The van der Waals surface area contributed by atoms with Crippen molar-refractivity contribution in [3.8, 4) is 0 Å². The number of thiol groups is 1. The molecule has 0 radical (unpaired) electrons. The van der Waals surface area contributed by atoms with Gasteiger partial charge in [-0.1, -0.05) is 12.1 Å². The van der Waals surface area contributed by atoms with E-state index < -0.39 is 11.7 Å². The van der Waals surface area contributed by atoms with Gasteiger partial charge in [-0.3, -0.25) is 5.32 Å². The zero-order chi connectivity index (χ0) is 13.1. The minimum atomic E-state index is -0.483. The molecule has 1 aromatic carbocycles. The van der Waals surface area contributed by atoms with Crippen molar-refractivity contribution < 1.29 is 9.53 Å². The predicted molar refractivity (Wildman–Crippen MR) is 73.7 cm³/mol. The molecular weight excluding hydrogens is 234 g/mol. The number of carbonyl (C=O) groups is 1. The Hall–Kier alpha value is -1.16. The van der Waals surface area contributed by atoms with Gasteiger partial charge in [0.05, 0.1) is 0 Å². The average molecular weight is 253 g/mol. The van der Waals surface area contributed by atoms with Crippen LogP contribution in [0, 0.1) is 6.92 Å². The molecule has 0 aromatic heterocycles. The summed E-state index contributed by atoms with van der Waals surface area (Å²) in [6.45, 7) is 7.45. The Balaban J connectivity index is 2.72. The van der Waals surface area contributed by atoms with Gasteiger partial charge in [-0.2, -0.15) is 12.6 Å². The van der Waals surface area contributed by atoms with Crippen LogP contribution in [0.25, 0.3) is 0 Å². The van der Waals surface area contributed by atoms with E-state index in [1.165, 1.54) is 0 Å². The molecule has 1 aromatic rings. The summed E-state index contributed by atoms with van der Waals surface area (Å²) in [6, 6.07) is 5.80. The van der Waals surface area contributed by atoms with E-state index >= 15 is 0 Å². The Morgan fingerprint density at radius 2 is 2.06 bits per heavy atom. The first-order chi connectivity index (χ1) is 7.81. The maximum absolute atomic E-state index is 11.6. The molecule has 1 rings (SSSR count). The highest BCUT2D eigenvalue weighted by atomic mass is 32.1. The monoisotopic (exact) mass is 253 g/mol. The van der Waals surface area contributed by atoms with Crippen LogP contribution >= 0.6 is 12.6 Å². The number of carbonyl (C=O) groups excluding carboxylic acids is 1. The highest BCUT2D eigenvalue weighted by Gasteiger charge is 2.16. The third-order valence-corrected chi connectivity index (χ3v) is 2.47. The molecule has 0 fully saturated rings. The topological polar surface area (TPSA) is 38.3 Å². The first kappa shape index (κ1) is 13.9. The lowest BCUT2D eigenvalue weighted by atomic mass is 10.1. The smallest absolute Gasteiger partial charge is 0.412 e. The van der Waals surface area contributed by atoms with E-state index in [0.29, 0.717) is 5.75 Å². The zero-order valence-electron chi connectivity index (χ0n) is 10.7. The van der Waals surface area contributed by atoms with Crippen molar-refractivity contribution in [3.05, 3.63) is 29.3 Å². The summed E-state index contributed by atoms with van der Waals surface area (Å²) < 4.78 is 5.19. The lowest BCUT2D eigenvalue weighted by Crippen LogP contribution is -2.27. The fourth-order valence-corrected chi connectivity index (χ4v) is 1.57. The summed E-state index contributed by atoms with van der Waals surface area (Å²) in [5, 5.41) is 2.73. The number of hydrogen-bond acceptors (Lipinski definition) is 3. The number of nitrogens with one attached hydrogen (secondary N) is 1. The molecule has 0 aliphatic heterocycles. The van der Waals surface area contributed by atoms with Gasteiger partial charge in [0.2, 0.25) is 0 Å². The van der Waals surface area contributed by atoms with Gasteiger partial charge in [-0.15, -0.1) is 0 Å². The Morgan fingerprint density at radius 1 is 1.41 bits per heavy atom. The quantitative estimate of drug-likeness (QED) is 0.787. The van der Waals surface area contributed by atoms with Crippen LogP contribution in [-0.2, 0) is 10.5 Å². The van der Waals surface area contributed by atoms with Gasteiger partial charge in [0.15, 0.2) is 0 Å². The summed E-state index contributed by atoms with van der Waals surface area (Å²) >= 11 is 4.21. The maximum Gasteiger partial charge on any atom is 0.412 e. The Labute approximate surface area is 108 Å². The van der Waals surface area contributed by atoms with Gasteiger partial charge in [0, 0.05) is 11.4 Å². The molecule has 0 unspecified atom stereocenters. The Morgan fingerprint density at radius 3 is 2.53 bits per heavy atom. The number of benzene rings is 1. The van der Waals surface area contributed by atoms with E-state index in [9.17, 15) is 4.79 Å². The molecule has 0 aliphatic rings. The lowest BCUT2D eigenvalue weighted by molar-refractivity contribution is 0.0636. The normalized spacial score (nSPS) is 11.1.